The second-order valence-corrected chi connectivity index (χ2v) is 6.34. The molecule has 3 heterocycles. The summed E-state index contributed by atoms with van der Waals surface area (Å²) >= 11 is 0. The number of anilines is 1. The van der Waals surface area contributed by atoms with E-state index in [9.17, 15) is 4.79 Å². The van der Waals surface area contributed by atoms with Crippen LogP contribution in [0.1, 0.15) is 17.7 Å². The van der Waals surface area contributed by atoms with E-state index in [1.54, 1.807) is 6.20 Å². The second-order valence-electron chi connectivity index (χ2n) is 6.34. The highest BCUT2D eigenvalue weighted by Gasteiger charge is 2.33. The molecule has 0 saturated carbocycles. The molecule has 1 saturated heterocycles. The van der Waals surface area contributed by atoms with Crippen LogP contribution < -0.4 is 10.2 Å². The van der Waals surface area contributed by atoms with Crippen molar-refractivity contribution < 1.29 is 4.79 Å². The zero-order valence-corrected chi connectivity index (χ0v) is 13.6. The number of aromatic nitrogens is 2. The van der Waals surface area contributed by atoms with Gasteiger partial charge in [0.25, 0.3) is 0 Å². The molecular weight excluding hydrogens is 302 g/mol. The molecule has 6 nitrogen and oxygen atoms in total. The van der Waals surface area contributed by atoms with E-state index in [4.69, 9.17) is 0 Å². The molecule has 1 aromatic heterocycles. The number of carbonyl (C=O) groups is 1. The summed E-state index contributed by atoms with van der Waals surface area (Å²) in [6, 6.07) is 10.8. The van der Waals surface area contributed by atoms with E-state index in [-0.39, 0.29) is 6.03 Å². The minimum Gasteiger partial charge on any atom is -0.366 e. The van der Waals surface area contributed by atoms with Crippen molar-refractivity contribution in [2.45, 2.75) is 25.4 Å². The smallest absolute Gasteiger partial charge is 0.317 e. The number of hydrogen-bond donors (Lipinski definition) is 1. The monoisotopic (exact) mass is 323 g/mol. The van der Waals surface area contributed by atoms with Gasteiger partial charge < -0.3 is 15.1 Å². The van der Waals surface area contributed by atoms with E-state index in [1.807, 2.05) is 11.0 Å². The molecule has 1 atom stereocenters. The number of amides is 2. The Bertz CT molecular complexity index is 720. The summed E-state index contributed by atoms with van der Waals surface area (Å²) in [4.78, 5) is 25.0. The van der Waals surface area contributed by atoms with E-state index < -0.39 is 0 Å². The van der Waals surface area contributed by atoms with Crippen LogP contribution in [0.3, 0.4) is 0 Å². The van der Waals surface area contributed by atoms with Crippen LogP contribution in [0.2, 0.25) is 0 Å². The first-order valence-electron chi connectivity index (χ1n) is 8.43. The van der Waals surface area contributed by atoms with E-state index in [1.165, 1.54) is 17.6 Å². The first-order valence-corrected chi connectivity index (χ1v) is 8.43. The quantitative estimate of drug-likeness (QED) is 0.916. The van der Waals surface area contributed by atoms with Gasteiger partial charge in [-0.05, 0) is 30.5 Å². The van der Waals surface area contributed by atoms with Crippen molar-refractivity contribution in [2.75, 3.05) is 24.5 Å². The SMILES string of the molecule is O=C(NCc1ccncn1)N1CCCN2c3ccccc3CC2C1. The summed E-state index contributed by atoms with van der Waals surface area (Å²) in [5.74, 6) is 0. The van der Waals surface area contributed by atoms with Crippen LogP contribution in [0.4, 0.5) is 10.5 Å². The molecule has 1 fully saturated rings. The third-order valence-corrected chi connectivity index (χ3v) is 4.81. The molecule has 1 unspecified atom stereocenters. The average molecular weight is 323 g/mol. The summed E-state index contributed by atoms with van der Waals surface area (Å²) in [7, 11) is 0. The van der Waals surface area contributed by atoms with Crippen molar-refractivity contribution >= 4 is 11.7 Å². The number of benzene rings is 1. The van der Waals surface area contributed by atoms with Crippen LogP contribution in [0.15, 0.2) is 42.9 Å². The molecule has 4 rings (SSSR count). The molecule has 0 aliphatic carbocycles. The average Bonchev–Trinajstić information content (AvgIpc) is 2.83. The van der Waals surface area contributed by atoms with E-state index >= 15 is 0 Å². The van der Waals surface area contributed by atoms with E-state index in [0.717, 1.165) is 38.2 Å². The number of nitrogens with zero attached hydrogens (tertiary/aromatic N) is 4. The van der Waals surface area contributed by atoms with Crippen LogP contribution in [0, 0.1) is 0 Å². The van der Waals surface area contributed by atoms with Gasteiger partial charge in [0, 0.05) is 31.5 Å². The molecule has 124 valence electrons. The number of hydrogen-bond acceptors (Lipinski definition) is 4. The molecular formula is C18H21N5O. The normalized spacial score (nSPS) is 19.4. The lowest BCUT2D eigenvalue weighted by atomic mass is 10.1. The van der Waals surface area contributed by atoms with Gasteiger partial charge in [0.2, 0.25) is 0 Å². The molecule has 0 radical (unpaired) electrons. The van der Waals surface area contributed by atoms with Crippen LogP contribution in [0.25, 0.3) is 0 Å². The number of nitrogens with one attached hydrogen (secondary N) is 1. The lowest BCUT2D eigenvalue weighted by molar-refractivity contribution is 0.197. The zero-order chi connectivity index (χ0) is 16.4. The third kappa shape index (κ3) is 2.91. The Labute approximate surface area is 141 Å². The standard InChI is InChI=1S/C18H21N5O/c24-18(20-11-15-6-7-19-13-21-15)22-8-3-9-23-16(12-22)10-14-4-1-2-5-17(14)23/h1-2,4-7,13,16H,3,8-12H2,(H,20,24). The van der Waals surface area contributed by atoms with Gasteiger partial charge in [-0.15, -0.1) is 0 Å². The molecule has 1 N–H and O–H groups in total. The molecule has 1 aromatic carbocycles. The minimum absolute atomic E-state index is 0.00795. The number of rotatable bonds is 2. The maximum absolute atomic E-state index is 12.5. The fraction of sp³-hybridized carbons (Fsp3) is 0.389. The fourth-order valence-corrected chi connectivity index (χ4v) is 3.65. The first kappa shape index (κ1) is 14.9. The highest BCUT2D eigenvalue weighted by atomic mass is 16.2. The maximum atomic E-state index is 12.5. The summed E-state index contributed by atoms with van der Waals surface area (Å²) in [5.41, 5.74) is 3.56. The van der Waals surface area contributed by atoms with Gasteiger partial charge in [0.15, 0.2) is 0 Å². The zero-order valence-electron chi connectivity index (χ0n) is 13.6. The van der Waals surface area contributed by atoms with Crippen molar-refractivity contribution in [3.63, 3.8) is 0 Å². The van der Waals surface area contributed by atoms with Gasteiger partial charge in [-0.3, -0.25) is 0 Å². The van der Waals surface area contributed by atoms with Crippen molar-refractivity contribution in [2.24, 2.45) is 0 Å². The van der Waals surface area contributed by atoms with Gasteiger partial charge in [-0.25, -0.2) is 14.8 Å². The van der Waals surface area contributed by atoms with Gasteiger partial charge in [-0.2, -0.15) is 0 Å². The number of urea groups is 1. The summed E-state index contributed by atoms with van der Waals surface area (Å²) in [6.07, 6.45) is 5.20. The topological polar surface area (TPSA) is 61.4 Å². The number of para-hydroxylation sites is 1. The first-order chi connectivity index (χ1) is 11.8. The van der Waals surface area contributed by atoms with Gasteiger partial charge in [0.1, 0.15) is 6.33 Å². The molecule has 0 spiro atoms. The van der Waals surface area contributed by atoms with E-state index in [2.05, 4.69) is 44.5 Å². The Hall–Kier alpha value is -2.63. The molecule has 2 aliphatic heterocycles. The predicted octanol–water partition coefficient (Wildman–Crippen LogP) is 1.82. The Kier molecular flexibility index (Phi) is 4.02. The van der Waals surface area contributed by atoms with Gasteiger partial charge >= 0.3 is 6.03 Å². The van der Waals surface area contributed by atoms with Crippen LogP contribution >= 0.6 is 0 Å². The molecule has 2 aromatic rings. The lowest BCUT2D eigenvalue weighted by Crippen LogP contribution is -2.45. The van der Waals surface area contributed by atoms with Crippen LogP contribution in [-0.4, -0.2) is 46.6 Å². The maximum Gasteiger partial charge on any atom is 0.317 e. The van der Waals surface area contributed by atoms with Crippen molar-refractivity contribution in [3.05, 3.63) is 54.1 Å². The van der Waals surface area contributed by atoms with Gasteiger partial charge in [0.05, 0.1) is 18.3 Å². The number of fused-ring (bicyclic) bond motifs is 3. The Morgan fingerprint density at radius 3 is 3.04 bits per heavy atom. The van der Waals surface area contributed by atoms with Crippen molar-refractivity contribution in [1.82, 2.24) is 20.2 Å². The lowest BCUT2D eigenvalue weighted by Gasteiger charge is -2.27. The second kappa shape index (κ2) is 6.47. The fourth-order valence-electron chi connectivity index (χ4n) is 3.65. The highest BCUT2D eigenvalue weighted by Crippen LogP contribution is 2.33. The summed E-state index contributed by atoms with van der Waals surface area (Å²) < 4.78 is 0. The molecule has 2 amide bonds. The van der Waals surface area contributed by atoms with Crippen LogP contribution in [0.5, 0.6) is 0 Å². The summed E-state index contributed by atoms with van der Waals surface area (Å²) in [5, 5.41) is 2.98. The summed E-state index contributed by atoms with van der Waals surface area (Å²) in [6.45, 7) is 3.01. The molecule has 2 aliphatic rings. The highest BCUT2D eigenvalue weighted by molar-refractivity contribution is 5.74. The molecule has 0 bridgehead atoms. The van der Waals surface area contributed by atoms with Crippen molar-refractivity contribution in [1.29, 1.82) is 0 Å². The Morgan fingerprint density at radius 1 is 1.25 bits per heavy atom. The number of carbonyl (C=O) groups excluding carboxylic acids is 1. The third-order valence-electron chi connectivity index (χ3n) is 4.81. The van der Waals surface area contributed by atoms with Crippen molar-refractivity contribution in [3.8, 4) is 0 Å². The van der Waals surface area contributed by atoms with E-state index in [0.29, 0.717) is 12.6 Å². The molecule has 24 heavy (non-hydrogen) atoms. The van der Waals surface area contributed by atoms with Crippen LogP contribution in [-0.2, 0) is 13.0 Å². The van der Waals surface area contributed by atoms with Gasteiger partial charge in [-0.1, -0.05) is 18.2 Å². The minimum atomic E-state index is -0.00795. The largest absolute Gasteiger partial charge is 0.366 e. The molecule has 6 heteroatoms. The Morgan fingerprint density at radius 2 is 2.17 bits per heavy atom. The Balaban J connectivity index is 1.40. The predicted molar refractivity (Wildman–Crippen MR) is 91.7 cm³/mol.